The number of benzene rings is 1. The second kappa shape index (κ2) is 5.54. The Kier molecular flexibility index (Phi) is 4.04. The number of hydrogen-bond acceptors (Lipinski definition) is 3. The Morgan fingerprint density at radius 3 is 2.72 bits per heavy atom. The zero-order valence-electron chi connectivity index (χ0n) is 10.2. The molecule has 0 aliphatic heterocycles. The normalized spacial score (nSPS) is 12.4. The summed E-state index contributed by atoms with van der Waals surface area (Å²) in [6.07, 6.45) is -0.181. The SMILES string of the molecule is CCn1c([C@@H](C)Oc2ccc(Cl)cc2)n[nH]c1=S. The van der Waals surface area contributed by atoms with Crippen molar-refractivity contribution in [2.45, 2.75) is 26.5 Å². The molecule has 0 radical (unpaired) electrons. The maximum Gasteiger partial charge on any atom is 0.195 e. The van der Waals surface area contributed by atoms with E-state index in [-0.39, 0.29) is 6.10 Å². The number of H-pyrrole nitrogens is 1. The first-order valence-corrected chi connectivity index (χ1v) is 6.47. The van der Waals surface area contributed by atoms with E-state index in [9.17, 15) is 0 Å². The van der Waals surface area contributed by atoms with Crippen molar-refractivity contribution in [3.05, 3.63) is 39.9 Å². The molecular formula is C12H14ClN3OS. The van der Waals surface area contributed by atoms with Crippen LogP contribution in [0.15, 0.2) is 24.3 Å². The lowest BCUT2D eigenvalue weighted by atomic mass is 10.3. The molecule has 1 aromatic heterocycles. The third-order valence-electron chi connectivity index (χ3n) is 2.59. The van der Waals surface area contributed by atoms with Crippen molar-refractivity contribution in [2.24, 2.45) is 0 Å². The molecule has 2 rings (SSSR count). The highest BCUT2D eigenvalue weighted by molar-refractivity contribution is 7.71. The van der Waals surface area contributed by atoms with E-state index in [1.165, 1.54) is 0 Å². The van der Waals surface area contributed by atoms with Gasteiger partial charge in [0, 0.05) is 11.6 Å². The summed E-state index contributed by atoms with van der Waals surface area (Å²) in [4.78, 5) is 0. The van der Waals surface area contributed by atoms with Gasteiger partial charge < -0.3 is 9.30 Å². The van der Waals surface area contributed by atoms with Gasteiger partial charge in [-0.1, -0.05) is 11.6 Å². The van der Waals surface area contributed by atoms with Crippen LogP contribution in [0.1, 0.15) is 25.8 Å². The third-order valence-corrected chi connectivity index (χ3v) is 3.16. The molecule has 1 atom stereocenters. The standard InChI is InChI=1S/C12H14ClN3OS/c1-3-16-11(14-15-12(16)18)8(2)17-10-6-4-9(13)5-7-10/h4-8H,3H2,1-2H3,(H,15,18)/t8-/m1/s1. The molecule has 0 amide bonds. The van der Waals surface area contributed by atoms with E-state index in [0.29, 0.717) is 9.79 Å². The van der Waals surface area contributed by atoms with Gasteiger partial charge >= 0.3 is 0 Å². The number of nitrogens with one attached hydrogen (secondary N) is 1. The molecule has 0 saturated carbocycles. The Morgan fingerprint density at radius 1 is 1.44 bits per heavy atom. The van der Waals surface area contributed by atoms with Gasteiger partial charge in [-0.3, -0.25) is 5.10 Å². The first kappa shape index (κ1) is 13.1. The van der Waals surface area contributed by atoms with Crippen LogP contribution in [-0.2, 0) is 6.54 Å². The van der Waals surface area contributed by atoms with Crippen LogP contribution in [0.5, 0.6) is 5.75 Å². The largest absolute Gasteiger partial charge is 0.483 e. The molecular weight excluding hydrogens is 270 g/mol. The summed E-state index contributed by atoms with van der Waals surface area (Å²) >= 11 is 11.0. The predicted molar refractivity (Wildman–Crippen MR) is 73.6 cm³/mol. The maximum atomic E-state index is 5.83. The van der Waals surface area contributed by atoms with Crippen LogP contribution >= 0.6 is 23.8 Å². The molecule has 4 nitrogen and oxygen atoms in total. The summed E-state index contributed by atoms with van der Waals surface area (Å²) < 4.78 is 8.33. The van der Waals surface area contributed by atoms with E-state index < -0.39 is 0 Å². The van der Waals surface area contributed by atoms with Crippen LogP contribution in [0.25, 0.3) is 0 Å². The van der Waals surface area contributed by atoms with Gasteiger partial charge in [0.25, 0.3) is 0 Å². The van der Waals surface area contributed by atoms with E-state index in [2.05, 4.69) is 10.2 Å². The van der Waals surface area contributed by atoms with Crippen LogP contribution in [0.3, 0.4) is 0 Å². The lowest BCUT2D eigenvalue weighted by molar-refractivity contribution is 0.210. The van der Waals surface area contributed by atoms with Gasteiger partial charge in [0.15, 0.2) is 16.7 Å². The average Bonchev–Trinajstić information content (AvgIpc) is 2.73. The fourth-order valence-corrected chi connectivity index (χ4v) is 2.11. The summed E-state index contributed by atoms with van der Waals surface area (Å²) in [5.74, 6) is 1.54. The molecule has 0 spiro atoms. The second-order valence-corrected chi connectivity index (χ2v) is 4.67. The summed E-state index contributed by atoms with van der Waals surface area (Å²) in [5, 5.41) is 7.66. The summed E-state index contributed by atoms with van der Waals surface area (Å²) in [7, 11) is 0. The zero-order chi connectivity index (χ0) is 13.1. The zero-order valence-corrected chi connectivity index (χ0v) is 11.8. The fourth-order valence-electron chi connectivity index (χ4n) is 1.72. The van der Waals surface area contributed by atoms with E-state index in [1.54, 1.807) is 12.1 Å². The summed E-state index contributed by atoms with van der Waals surface area (Å²) in [5.41, 5.74) is 0. The van der Waals surface area contributed by atoms with Gasteiger partial charge in [0.1, 0.15) is 5.75 Å². The van der Waals surface area contributed by atoms with Crippen molar-refractivity contribution in [2.75, 3.05) is 0 Å². The predicted octanol–water partition coefficient (Wildman–Crippen LogP) is 3.75. The topological polar surface area (TPSA) is 42.8 Å². The van der Waals surface area contributed by atoms with Crippen LogP contribution in [0.4, 0.5) is 0 Å². The fraction of sp³-hybridized carbons (Fsp3) is 0.333. The maximum absolute atomic E-state index is 5.83. The number of aromatic amines is 1. The summed E-state index contributed by atoms with van der Waals surface area (Å²) in [6, 6.07) is 7.24. The van der Waals surface area contributed by atoms with Crippen molar-refractivity contribution in [3.8, 4) is 5.75 Å². The Bertz CT molecular complexity index is 576. The van der Waals surface area contributed by atoms with Crippen molar-refractivity contribution in [3.63, 3.8) is 0 Å². The van der Waals surface area contributed by atoms with Gasteiger partial charge in [-0.15, -0.1) is 0 Å². The van der Waals surface area contributed by atoms with Gasteiger partial charge in [0.05, 0.1) is 0 Å². The lowest BCUT2D eigenvalue weighted by Crippen LogP contribution is -2.11. The molecule has 1 aromatic carbocycles. The number of halogens is 1. The number of hydrogen-bond donors (Lipinski definition) is 1. The molecule has 0 bridgehead atoms. The Hall–Kier alpha value is -1.33. The van der Waals surface area contributed by atoms with E-state index in [4.69, 9.17) is 28.6 Å². The minimum Gasteiger partial charge on any atom is -0.483 e. The minimum atomic E-state index is -0.181. The highest BCUT2D eigenvalue weighted by atomic mass is 35.5. The van der Waals surface area contributed by atoms with E-state index in [1.807, 2.05) is 30.5 Å². The molecule has 6 heteroatoms. The molecule has 2 aromatic rings. The first-order valence-electron chi connectivity index (χ1n) is 5.69. The Balaban J connectivity index is 2.19. The molecule has 18 heavy (non-hydrogen) atoms. The van der Waals surface area contributed by atoms with Crippen molar-refractivity contribution in [1.29, 1.82) is 0 Å². The van der Waals surface area contributed by atoms with Gasteiger partial charge in [-0.05, 0) is 50.3 Å². The quantitative estimate of drug-likeness (QED) is 0.869. The molecule has 0 unspecified atom stereocenters. The Labute approximate surface area is 116 Å². The number of rotatable bonds is 4. The van der Waals surface area contributed by atoms with Crippen LogP contribution in [0.2, 0.25) is 5.02 Å². The highest BCUT2D eigenvalue weighted by Crippen LogP contribution is 2.22. The molecule has 0 aliphatic rings. The third kappa shape index (κ3) is 2.73. The van der Waals surface area contributed by atoms with Crippen LogP contribution in [0, 0.1) is 4.77 Å². The molecule has 1 N–H and O–H groups in total. The van der Waals surface area contributed by atoms with Crippen molar-refractivity contribution >= 4 is 23.8 Å². The molecule has 96 valence electrons. The number of ether oxygens (including phenoxy) is 1. The van der Waals surface area contributed by atoms with E-state index >= 15 is 0 Å². The average molecular weight is 284 g/mol. The molecule has 0 aliphatic carbocycles. The van der Waals surface area contributed by atoms with Gasteiger partial charge in [0.2, 0.25) is 0 Å². The van der Waals surface area contributed by atoms with Gasteiger partial charge in [-0.25, -0.2) is 0 Å². The highest BCUT2D eigenvalue weighted by Gasteiger charge is 2.14. The smallest absolute Gasteiger partial charge is 0.195 e. The van der Waals surface area contributed by atoms with Crippen molar-refractivity contribution in [1.82, 2.24) is 14.8 Å². The summed E-state index contributed by atoms with van der Waals surface area (Å²) in [6.45, 7) is 4.72. The van der Waals surface area contributed by atoms with Gasteiger partial charge in [-0.2, -0.15) is 5.10 Å². The Morgan fingerprint density at radius 2 is 2.11 bits per heavy atom. The van der Waals surface area contributed by atoms with Crippen LogP contribution < -0.4 is 4.74 Å². The number of aromatic nitrogens is 3. The van der Waals surface area contributed by atoms with E-state index in [0.717, 1.165) is 18.1 Å². The molecule has 0 fully saturated rings. The van der Waals surface area contributed by atoms with Crippen LogP contribution in [-0.4, -0.2) is 14.8 Å². The lowest BCUT2D eigenvalue weighted by Gasteiger charge is -2.14. The van der Waals surface area contributed by atoms with Crippen molar-refractivity contribution < 1.29 is 4.74 Å². The monoisotopic (exact) mass is 283 g/mol. The second-order valence-electron chi connectivity index (χ2n) is 3.85. The molecule has 0 saturated heterocycles. The first-order chi connectivity index (χ1) is 8.61. The molecule has 1 heterocycles. The minimum absolute atomic E-state index is 0.181. The number of nitrogens with zero attached hydrogens (tertiary/aromatic N) is 2.